The lowest BCUT2D eigenvalue weighted by Gasteiger charge is -2.19. The molecule has 1 aromatic heterocycles. The SMILES string of the molecule is NC1CCc2nc(Cc3cccc(C(F)(F)F)c3)cn2C1. The number of benzene rings is 1. The maximum absolute atomic E-state index is 12.7. The predicted molar refractivity (Wildman–Crippen MR) is 72.8 cm³/mol. The Labute approximate surface area is 120 Å². The van der Waals surface area contributed by atoms with Gasteiger partial charge in [-0.2, -0.15) is 13.2 Å². The molecule has 21 heavy (non-hydrogen) atoms. The number of halogens is 3. The van der Waals surface area contributed by atoms with Crippen molar-refractivity contribution >= 4 is 0 Å². The smallest absolute Gasteiger partial charge is 0.333 e. The van der Waals surface area contributed by atoms with Crippen LogP contribution in [0, 0.1) is 0 Å². The van der Waals surface area contributed by atoms with Gasteiger partial charge in [-0.05, 0) is 18.1 Å². The molecule has 2 aromatic rings. The zero-order valence-electron chi connectivity index (χ0n) is 11.4. The Kier molecular flexibility index (Phi) is 3.49. The largest absolute Gasteiger partial charge is 0.416 e. The molecule has 3 rings (SSSR count). The number of nitrogens with zero attached hydrogens (tertiary/aromatic N) is 2. The first kappa shape index (κ1) is 14.1. The van der Waals surface area contributed by atoms with Crippen molar-refractivity contribution in [1.29, 1.82) is 0 Å². The Bertz CT molecular complexity index is 646. The van der Waals surface area contributed by atoms with E-state index < -0.39 is 11.7 Å². The average Bonchev–Trinajstić information content (AvgIpc) is 2.79. The van der Waals surface area contributed by atoms with Gasteiger partial charge in [-0.15, -0.1) is 0 Å². The molecule has 0 fully saturated rings. The van der Waals surface area contributed by atoms with E-state index in [0.717, 1.165) is 37.0 Å². The lowest BCUT2D eigenvalue weighted by atomic mass is 10.1. The first-order chi connectivity index (χ1) is 9.91. The highest BCUT2D eigenvalue weighted by molar-refractivity contribution is 5.28. The third-order valence-electron chi connectivity index (χ3n) is 3.72. The van der Waals surface area contributed by atoms with Gasteiger partial charge in [-0.1, -0.05) is 18.2 Å². The second kappa shape index (κ2) is 5.18. The summed E-state index contributed by atoms with van der Waals surface area (Å²) in [7, 11) is 0. The fraction of sp³-hybridized carbons (Fsp3) is 0.400. The average molecular weight is 295 g/mol. The fourth-order valence-corrected chi connectivity index (χ4v) is 2.68. The number of alkyl halides is 3. The van der Waals surface area contributed by atoms with E-state index in [1.54, 1.807) is 6.07 Å². The number of aromatic nitrogens is 2. The second-order valence-corrected chi connectivity index (χ2v) is 5.47. The number of aryl methyl sites for hydroxylation is 1. The maximum Gasteiger partial charge on any atom is 0.416 e. The molecule has 3 nitrogen and oxygen atoms in total. The van der Waals surface area contributed by atoms with Crippen LogP contribution >= 0.6 is 0 Å². The highest BCUT2D eigenvalue weighted by atomic mass is 19.4. The Hall–Kier alpha value is -1.82. The van der Waals surface area contributed by atoms with Gasteiger partial charge in [-0.25, -0.2) is 4.98 Å². The summed E-state index contributed by atoms with van der Waals surface area (Å²) in [5.74, 6) is 0.971. The van der Waals surface area contributed by atoms with Gasteiger partial charge < -0.3 is 10.3 Å². The van der Waals surface area contributed by atoms with E-state index in [4.69, 9.17) is 5.73 Å². The van der Waals surface area contributed by atoms with Crippen LogP contribution in [-0.2, 0) is 25.6 Å². The Morgan fingerprint density at radius 1 is 1.33 bits per heavy atom. The van der Waals surface area contributed by atoms with E-state index in [2.05, 4.69) is 4.98 Å². The highest BCUT2D eigenvalue weighted by Gasteiger charge is 2.30. The minimum Gasteiger partial charge on any atom is -0.333 e. The van der Waals surface area contributed by atoms with Crippen molar-refractivity contribution in [1.82, 2.24) is 9.55 Å². The molecule has 0 spiro atoms. The van der Waals surface area contributed by atoms with Crippen LogP contribution in [0.15, 0.2) is 30.5 Å². The third kappa shape index (κ3) is 3.10. The van der Waals surface area contributed by atoms with E-state index in [9.17, 15) is 13.2 Å². The Balaban J connectivity index is 1.81. The van der Waals surface area contributed by atoms with Crippen molar-refractivity contribution < 1.29 is 13.2 Å². The molecule has 0 saturated heterocycles. The number of imidazole rings is 1. The van der Waals surface area contributed by atoms with Crippen LogP contribution in [-0.4, -0.2) is 15.6 Å². The second-order valence-electron chi connectivity index (χ2n) is 5.47. The Morgan fingerprint density at radius 2 is 2.14 bits per heavy atom. The van der Waals surface area contributed by atoms with Crippen LogP contribution in [0.3, 0.4) is 0 Å². The summed E-state index contributed by atoms with van der Waals surface area (Å²) in [6.07, 6.45) is -0.284. The molecule has 6 heteroatoms. The molecule has 0 amide bonds. The molecular formula is C15H16F3N3. The van der Waals surface area contributed by atoms with Crippen LogP contribution in [0.4, 0.5) is 13.2 Å². The van der Waals surface area contributed by atoms with Crippen LogP contribution in [0.1, 0.15) is 29.1 Å². The summed E-state index contributed by atoms with van der Waals surface area (Å²) < 4.78 is 40.1. The lowest BCUT2D eigenvalue weighted by Crippen LogP contribution is -2.31. The molecule has 1 atom stereocenters. The zero-order valence-corrected chi connectivity index (χ0v) is 11.4. The van der Waals surface area contributed by atoms with Gasteiger partial charge in [0.2, 0.25) is 0 Å². The molecule has 2 N–H and O–H groups in total. The third-order valence-corrected chi connectivity index (χ3v) is 3.72. The van der Waals surface area contributed by atoms with Gasteiger partial charge in [0.1, 0.15) is 5.82 Å². The number of rotatable bonds is 2. The summed E-state index contributed by atoms with van der Waals surface area (Å²) in [5.41, 5.74) is 6.69. The maximum atomic E-state index is 12.7. The minimum atomic E-state index is -4.31. The van der Waals surface area contributed by atoms with Crippen molar-refractivity contribution in [2.24, 2.45) is 5.73 Å². The molecule has 1 aromatic carbocycles. The van der Waals surface area contributed by atoms with E-state index >= 15 is 0 Å². The van der Waals surface area contributed by atoms with Crippen molar-refractivity contribution in [3.63, 3.8) is 0 Å². The quantitative estimate of drug-likeness (QED) is 0.926. The normalized spacial score (nSPS) is 18.6. The van der Waals surface area contributed by atoms with Gasteiger partial charge in [0, 0.05) is 31.6 Å². The molecule has 2 heterocycles. The molecule has 1 unspecified atom stereocenters. The molecule has 1 aliphatic rings. The molecule has 112 valence electrons. The topological polar surface area (TPSA) is 43.8 Å². The number of nitrogens with two attached hydrogens (primary N) is 1. The van der Waals surface area contributed by atoms with E-state index in [1.165, 1.54) is 12.1 Å². The first-order valence-electron chi connectivity index (χ1n) is 6.88. The monoisotopic (exact) mass is 295 g/mol. The summed E-state index contributed by atoms with van der Waals surface area (Å²) in [4.78, 5) is 4.50. The fourth-order valence-electron chi connectivity index (χ4n) is 2.68. The van der Waals surface area contributed by atoms with Gasteiger partial charge in [0.05, 0.1) is 11.3 Å². The van der Waals surface area contributed by atoms with Crippen molar-refractivity contribution in [3.05, 3.63) is 53.1 Å². The van der Waals surface area contributed by atoms with Gasteiger partial charge >= 0.3 is 6.18 Å². The molecule has 0 radical (unpaired) electrons. The molecular weight excluding hydrogens is 279 g/mol. The number of fused-ring (bicyclic) bond motifs is 1. The van der Waals surface area contributed by atoms with Crippen molar-refractivity contribution in [2.45, 2.75) is 38.0 Å². The number of hydrogen-bond donors (Lipinski definition) is 1. The zero-order chi connectivity index (χ0) is 15.0. The van der Waals surface area contributed by atoms with E-state index in [0.29, 0.717) is 12.0 Å². The van der Waals surface area contributed by atoms with Crippen LogP contribution < -0.4 is 5.73 Å². The van der Waals surface area contributed by atoms with E-state index in [1.807, 2.05) is 10.8 Å². The standard InChI is InChI=1S/C15H16F3N3/c16-15(17,18)11-3-1-2-10(6-11)7-13-9-21-8-12(19)4-5-14(21)20-13/h1-3,6,9,12H,4-5,7-8,19H2. The number of hydrogen-bond acceptors (Lipinski definition) is 2. The summed E-state index contributed by atoms with van der Waals surface area (Å²) in [6, 6.07) is 5.53. The van der Waals surface area contributed by atoms with Gasteiger partial charge in [0.25, 0.3) is 0 Å². The molecule has 0 bridgehead atoms. The van der Waals surface area contributed by atoms with Crippen molar-refractivity contribution in [3.8, 4) is 0 Å². The highest BCUT2D eigenvalue weighted by Crippen LogP contribution is 2.30. The van der Waals surface area contributed by atoms with Gasteiger partial charge in [0.15, 0.2) is 0 Å². The lowest BCUT2D eigenvalue weighted by molar-refractivity contribution is -0.137. The molecule has 1 aliphatic heterocycles. The minimum absolute atomic E-state index is 0.133. The molecule has 0 saturated carbocycles. The van der Waals surface area contributed by atoms with Gasteiger partial charge in [-0.3, -0.25) is 0 Å². The summed E-state index contributed by atoms with van der Waals surface area (Å²) in [5, 5.41) is 0. The predicted octanol–water partition coefficient (Wildman–Crippen LogP) is 2.77. The Morgan fingerprint density at radius 3 is 2.90 bits per heavy atom. The summed E-state index contributed by atoms with van der Waals surface area (Å²) in [6.45, 7) is 0.727. The summed E-state index contributed by atoms with van der Waals surface area (Å²) >= 11 is 0. The van der Waals surface area contributed by atoms with E-state index in [-0.39, 0.29) is 6.04 Å². The van der Waals surface area contributed by atoms with Crippen LogP contribution in [0.5, 0.6) is 0 Å². The van der Waals surface area contributed by atoms with Crippen molar-refractivity contribution in [2.75, 3.05) is 0 Å². The first-order valence-corrected chi connectivity index (χ1v) is 6.88. The van der Waals surface area contributed by atoms with Crippen LogP contribution in [0.2, 0.25) is 0 Å². The van der Waals surface area contributed by atoms with Crippen LogP contribution in [0.25, 0.3) is 0 Å². The molecule has 0 aliphatic carbocycles.